The molecule has 4 aliphatic rings. The predicted octanol–water partition coefficient (Wildman–Crippen LogP) is 8.38. The number of carbonyl (C=O) groups excluding carboxylic acids is 2. The van der Waals surface area contributed by atoms with Crippen molar-refractivity contribution in [1.29, 1.82) is 0 Å². The van der Waals surface area contributed by atoms with E-state index in [-0.39, 0.29) is 53.9 Å². The summed E-state index contributed by atoms with van der Waals surface area (Å²) in [6.45, 7) is 15.2. The highest BCUT2D eigenvalue weighted by molar-refractivity contribution is 6.33. The first-order valence-electron chi connectivity index (χ1n) is 22.9. The van der Waals surface area contributed by atoms with Crippen molar-refractivity contribution in [2.45, 2.75) is 144 Å². The monoisotopic (exact) mass is 946 g/mol. The first-order valence-corrected chi connectivity index (χ1v) is 23.6. The standard InChI is InChI=1S/C26H34ClN3O4.C24H30ClN3O4/c1-14-11-15(2)29-25(32)20(14)13-28-24(31)19-12-21(27)23-22(16(19)3)33-26(4,34-23)17-7-9-18(10-8-17)30(5)6;1-12-9-13(2)28-23(30)18(12)11-27-22(29)17-10-19(25)21-20(14(17)3)31-24(4,32-21)15-5-7-16(26)8-6-15/h11-12,17-18H,7-10,13H2,1-6H3,(H,28,31)(H,29,32);9-10,15-16H,5-8,11,26H2,1-4H3,(H,27,29)(H,28,30). The predicted molar refractivity (Wildman–Crippen MR) is 256 cm³/mol. The number of halogens is 2. The number of pyridine rings is 2. The Balaban J connectivity index is 0.000000197. The molecule has 14 nitrogen and oxygen atoms in total. The van der Waals surface area contributed by atoms with Gasteiger partial charge in [-0.2, -0.15) is 0 Å². The van der Waals surface area contributed by atoms with Crippen LogP contribution in [-0.4, -0.2) is 64.4 Å². The third-order valence-corrected chi connectivity index (χ3v) is 14.7. The van der Waals surface area contributed by atoms with Gasteiger partial charge < -0.3 is 50.2 Å². The molecule has 2 fully saturated rings. The number of H-pyrrole nitrogens is 2. The Morgan fingerprint density at radius 3 is 1.36 bits per heavy atom. The number of aryl methyl sites for hydroxylation is 4. The van der Waals surface area contributed by atoms with E-state index < -0.39 is 11.6 Å². The molecule has 356 valence electrons. The summed E-state index contributed by atoms with van der Waals surface area (Å²) in [5, 5.41) is 6.37. The minimum atomic E-state index is -0.835. The second kappa shape index (κ2) is 19.3. The Morgan fingerprint density at radius 1 is 0.636 bits per heavy atom. The van der Waals surface area contributed by atoms with Crippen molar-refractivity contribution in [1.82, 2.24) is 25.5 Å². The number of aromatic nitrogens is 2. The van der Waals surface area contributed by atoms with E-state index in [1.165, 1.54) is 0 Å². The third kappa shape index (κ3) is 9.98. The number of rotatable bonds is 9. The summed E-state index contributed by atoms with van der Waals surface area (Å²) in [6.07, 6.45) is 7.88. The van der Waals surface area contributed by atoms with Gasteiger partial charge in [0.05, 0.1) is 10.0 Å². The summed E-state index contributed by atoms with van der Waals surface area (Å²) in [6, 6.07) is 7.79. The van der Waals surface area contributed by atoms with Crippen LogP contribution in [0.25, 0.3) is 0 Å². The van der Waals surface area contributed by atoms with Gasteiger partial charge in [-0.15, -0.1) is 0 Å². The summed E-state index contributed by atoms with van der Waals surface area (Å²) >= 11 is 13.1. The van der Waals surface area contributed by atoms with Gasteiger partial charge in [0.1, 0.15) is 0 Å². The molecule has 16 heteroatoms. The van der Waals surface area contributed by atoms with Crippen LogP contribution in [0.3, 0.4) is 0 Å². The molecule has 2 aromatic heterocycles. The van der Waals surface area contributed by atoms with Crippen LogP contribution in [0.1, 0.15) is 131 Å². The minimum Gasteiger partial charge on any atom is -0.448 e. The lowest BCUT2D eigenvalue weighted by Gasteiger charge is -2.39. The first-order chi connectivity index (χ1) is 31.1. The molecule has 6 N–H and O–H groups in total. The third-order valence-electron chi connectivity index (χ3n) is 14.1. The zero-order chi connectivity index (χ0) is 48.0. The molecule has 2 aromatic carbocycles. The van der Waals surface area contributed by atoms with E-state index in [0.29, 0.717) is 72.5 Å². The van der Waals surface area contributed by atoms with Crippen LogP contribution in [0.15, 0.2) is 33.9 Å². The van der Waals surface area contributed by atoms with Gasteiger partial charge in [-0.25, -0.2) is 0 Å². The smallest absolute Gasteiger partial charge is 0.253 e. The number of nitrogens with one attached hydrogen (secondary N) is 4. The van der Waals surface area contributed by atoms with Gasteiger partial charge >= 0.3 is 0 Å². The number of benzene rings is 2. The zero-order valence-corrected chi connectivity index (χ0v) is 41.2. The average Bonchev–Trinajstić information content (AvgIpc) is 3.83. The molecule has 2 atom stereocenters. The van der Waals surface area contributed by atoms with E-state index in [1.807, 2.05) is 67.5 Å². The molecule has 0 radical (unpaired) electrons. The van der Waals surface area contributed by atoms with Crippen LogP contribution < -0.4 is 46.4 Å². The van der Waals surface area contributed by atoms with E-state index in [4.69, 9.17) is 47.9 Å². The van der Waals surface area contributed by atoms with E-state index in [1.54, 1.807) is 12.1 Å². The fraction of sp³-hybridized carbons (Fsp3) is 0.520. The lowest BCUT2D eigenvalue weighted by atomic mass is 9.81. The number of fused-ring (bicyclic) bond motifs is 2. The lowest BCUT2D eigenvalue weighted by molar-refractivity contribution is -0.123. The number of hydrogen-bond acceptors (Lipinski definition) is 10. The zero-order valence-electron chi connectivity index (χ0n) is 39.7. The van der Waals surface area contributed by atoms with Crippen molar-refractivity contribution >= 4 is 35.0 Å². The maximum atomic E-state index is 13.1. The number of nitrogens with two attached hydrogens (primary N) is 1. The molecule has 2 aliphatic heterocycles. The summed E-state index contributed by atoms with van der Waals surface area (Å²) in [5.41, 5.74) is 12.1. The van der Waals surface area contributed by atoms with E-state index >= 15 is 0 Å². The highest BCUT2D eigenvalue weighted by Crippen LogP contribution is 2.53. The number of nitrogens with zero attached hydrogens (tertiary/aromatic N) is 1. The molecule has 0 saturated heterocycles. The second-order valence-corrected chi connectivity index (χ2v) is 20.0. The molecule has 0 spiro atoms. The van der Waals surface area contributed by atoms with Gasteiger partial charge in [-0.3, -0.25) is 19.2 Å². The Kier molecular flexibility index (Phi) is 14.3. The second-order valence-electron chi connectivity index (χ2n) is 19.2. The van der Waals surface area contributed by atoms with Crippen molar-refractivity contribution in [2.24, 2.45) is 17.6 Å². The molecule has 0 bridgehead atoms. The van der Waals surface area contributed by atoms with Crippen LogP contribution in [0.2, 0.25) is 10.0 Å². The van der Waals surface area contributed by atoms with E-state index in [2.05, 4.69) is 39.6 Å². The van der Waals surface area contributed by atoms with Crippen molar-refractivity contribution in [3.63, 3.8) is 0 Å². The normalized spacial score (nSPS) is 24.2. The van der Waals surface area contributed by atoms with Crippen molar-refractivity contribution in [3.05, 3.63) is 111 Å². The lowest BCUT2D eigenvalue weighted by Crippen LogP contribution is -2.46. The number of amides is 2. The average molecular weight is 948 g/mol. The Labute approximate surface area is 396 Å². The van der Waals surface area contributed by atoms with Crippen molar-refractivity contribution in [2.75, 3.05) is 14.1 Å². The maximum absolute atomic E-state index is 13.1. The number of hydrogen-bond donors (Lipinski definition) is 5. The van der Waals surface area contributed by atoms with Crippen molar-refractivity contribution in [3.8, 4) is 23.0 Å². The quantitative estimate of drug-likeness (QED) is 0.109. The van der Waals surface area contributed by atoms with Crippen LogP contribution >= 0.6 is 23.2 Å². The highest BCUT2D eigenvalue weighted by Gasteiger charge is 2.49. The van der Waals surface area contributed by atoms with Crippen LogP contribution in [0, 0.1) is 53.4 Å². The molecule has 2 aliphatic carbocycles. The molecule has 2 unspecified atom stereocenters. The van der Waals surface area contributed by atoms with Gasteiger partial charge in [0.15, 0.2) is 23.0 Å². The number of ether oxygens (including phenoxy) is 4. The largest absolute Gasteiger partial charge is 0.448 e. The summed E-state index contributed by atoms with van der Waals surface area (Å²) in [5.74, 6) is 0.149. The molecule has 4 aromatic rings. The SMILES string of the molecule is Cc1cc(C)c(CNC(=O)c2cc(Cl)c3c(c2C)OC(C)(C2CCC(N(C)C)CC2)O3)c(=O)[nH]1.Cc1cc(C)c(CNC(=O)c2cc(Cl)c3c(c2C)OC(C)(C2CCC(N)CC2)O3)c(=O)[nH]1. The summed E-state index contributed by atoms with van der Waals surface area (Å²) in [7, 11) is 4.24. The number of aromatic amines is 2. The molecule has 8 rings (SSSR count). The first kappa shape index (κ1) is 48.9. The minimum absolute atomic E-state index is 0.117. The van der Waals surface area contributed by atoms with Gasteiger partial charge in [-0.05, 0) is 142 Å². The summed E-state index contributed by atoms with van der Waals surface area (Å²) < 4.78 is 25.2. The highest BCUT2D eigenvalue weighted by atomic mass is 35.5. The van der Waals surface area contributed by atoms with Gasteiger partial charge in [0.25, 0.3) is 34.5 Å². The maximum Gasteiger partial charge on any atom is 0.253 e. The van der Waals surface area contributed by atoms with E-state index in [9.17, 15) is 19.2 Å². The van der Waals surface area contributed by atoms with Gasteiger partial charge in [0, 0.05) is 95.6 Å². The molecule has 4 heterocycles. The Morgan fingerprint density at radius 2 is 1.00 bits per heavy atom. The van der Waals surface area contributed by atoms with E-state index in [0.717, 1.165) is 73.9 Å². The fourth-order valence-corrected chi connectivity index (χ4v) is 10.5. The van der Waals surface area contributed by atoms with Gasteiger partial charge in [0.2, 0.25) is 0 Å². The molecule has 2 saturated carbocycles. The molecular formula is C50H64Cl2N6O8. The van der Waals surface area contributed by atoms with Crippen LogP contribution in [-0.2, 0) is 13.1 Å². The fourth-order valence-electron chi connectivity index (χ4n) is 9.99. The van der Waals surface area contributed by atoms with Crippen molar-refractivity contribution < 1.29 is 28.5 Å². The molecule has 66 heavy (non-hydrogen) atoms. The van der Waals surface area contributed by atoms with Gasteiger partial charge in [-0.1, -0.05) is 23.2 Å². The Bertz CT molecular complexity index is 2650. The number of carbonyl (C=O) groups is 2. The topological polar surface area (TPSA) is 190 Å². The van der Waals surface area contributed by atoms with Crippen LogP contribution in [0.5, 0.6) is 23.0 Å². The summed E-state index contributed by atoms with van der Waals surface area (Å²) in [4.78, 5) is 58.4. The Hall–Kier alpha value is -5.02. The molecule has 2 amide bonds. The van der Waals surface area contributed by atoms with Crippen LogP contribution in [0.4, 0.5) is 0 Å². The molecular weight excluding hydrogens is 883 g/mol.